The Morgan fingerprint density at radius 1 is 0.700 bits per heavy atom. The molecule has 98 valence electrons. The van der Waals surface area contributed by atoms with E-state index in [0.29, 0.717) is 0 Å². The molecule has 3 aromatic heterocycles. The predicted octanol–water partition coefficient (Wildman–Crippen LogP) is 3.82. The summed E-state index contributed by atoms with van der Waals surface area (Å²) in [7, 11) is 0. The highest BCUT2D eigenvalue weighted by Gasteiger charge is 2.04. The van der Waals surface area contributed by atoms with Crippen LogP contribution in [0.25, 0.3) is 22.5 Å². The van der Waals surface area contributed by atoms with E-state index in [0.717, 1.165) is 33.6 Å². The smallest absolute Gasteiger partial charge is 0.0725 e. The van der Waals surface area contributed by atoms with Crippen molar-refractivity contribution >= 4 is 0 Å². The average molecular weight is 261 g/mol. The Bertz CT molecular complexity index is 690. The predicted molar refractivity (Wildman–Crippen MR) is 80.2 cm³/mol. The minimum absolute atomic E-state index is 0.931. The molecule has 0 atom stereocenters. The third-order valence-electron chi connectivity index (χ3n) is 3.09. The molecule has 3 aromatic rings. The molecule has 0 fully saturated rings. The first-order valence-electron chi connectivity index (χ1n) is 6.53. The number of pyridine rings is 3. The summed E-state index contributed by atoms with van der Waals surface area (Å²) in [6.45, 7) is 4.07. The van der Waals surface area contributed by atoms with Gasteiger partial charge in [0.25, 0.3) is 0 Å². The van der Waals surface area contributed by atoms with Crippen LogP contribution >= 0.6 is 0 Å². The Kier molecular flexibility index (Phi) is 3.25. The van der Waals surface area contributed by atoms with Gasteiger partial charge in [-0.15, -0.1) is 0 Å². The van der Waals surface area contributed by atoms with Crippen molar-refractivity contribution in [3.05, 3.63) is 66.2 Å². The van der Waals surface area contributed by atoms with Crippen molar-refractivity contribution in [3.63, 3.8) is 0 Å². The van der Waals surface area contributed by atoms with Gasteiger partial charge in [0.1, 0.15) is 0 Å². The molecule has 0 aliphatic heterocycles. The van der Waals surface area contributed by atoms with Crippen LogP contribution in [0.15, 0.2) is 55.1 Å². The fourth-order valence-corrected chi connectivity index (χ4v) is 2.15. The van der Waals surface area contributed by atoms with E-state index in [1.807, 2.05) is 56.8 Å². The van der Waals surface area contributed by atoms with E-state index in [1.165, 1.54) is 0 Å². The van der Waals surface area contributed by atoms with Crippen molar-refractivity contribution in [2.45, 2.75) is 13.8 Å². The van der Waals surface area contributed by atoms with Gasteiger partial charge in [-0.1, -0.05) is 6.07 Å². The maximum atomic E-state index is 4.72. The van der Waals surface area contributed by atoms with Gasteiger partial charge in [0.05, 0.1) is 11.4 Å². The zero-order valence-electron chi connectivity index (χ0n) is 11.5. The van der Waals surface area contributed by atoms with Crippen LogP contribution in [0.5, 0.6) is 0 Å². The highest BCUT2D eigenvalue weighted by molar-refractivity contribution is 5.65. The zero-order chi connectivity index (χ0) is 13.9. The second kappa shape index (κ2) is 5.21. The Balaban J connectivity index is 2.06. The van der Waals surface area contributed by atoms with Gasteiger partial charge in [-0.3, -0.25) is 9.97 Å². The lowest BCUT2D eigenvalue weighted by molar-refractivity contribution is 1.23. The lowest BCUT2D eigenvalue weighted by Gasteiger charge is -2.05. The fraction of sp³-hybridized carbons (Fsp3) is 0.118. The summed E-state index contributed by atoms with van der Waals surface area (Å²) >= 11 is 0. The molecule has 0 aliphatic carbocycles. The second-order valence-electron chi connectivity index (χ2n) is 4.91. The summed E-state index contributed by atoms with van der Waals surface area (Å²) in [5.41, 5.74) is 6.19. The second-order valence-corrected chi connectivity index (χ2v) is 4.91. The molecule has 0 saturated heterocycles. The van der Waals surface area contributed by atoms with Gasteiger partial charge >= 0.3 is 0 Å². The largest absolute Gasteiger partial charge is 0.264 e. The van der Waals surface area contributed by atoms with E-state index < -0.39 is 0 Å². The van der Waals surface area contributed by atoms with E-state index >= 15 is 0 Å². The van der Waals surface area contributed by atoms with E-state index in [-0.39, 0.29) is 0 Å². The third kappa shape index (κ3) is 2.57. The summed E-state index contributed by atoms with van der Waals surface area (Å²) in [5.74, 6) is 0. The highest BCUT2D eigenvalue weighted by atomic mass is 14.7. The van der Waals surface area contributed by atoms with E-state index in [1.54, 1.807) is 0 Å². The van der Waals surface area contributed by atoms with E-state index in [9.17, 15) is 0 Å². The number of hydrogen-bond donors (Lipinski definition) is 0. The molecule has 20 heavy (non-hydrogen) atoms. The quantitative estimate of drug-likeness (QED) is 0.704. The zero-order valence-corrected chi connectivity index (χ0v) is 11.5. The molecule has 0 amide bonds. The van der Waals surface area contributed by atoms with Crippen LogP contribution in [-0.2, 0) is 0 Å². The Morgan fingerprint density at radius 2 is 1.20 bits per heavy atom. The normalized spacial score (nSPS) is 10.5. The molecule has 0 aromatic carbocycles. The van der Waals surface area contributed by atoms with Crippen LogP contribution in [0.2, 0.25) is 0 Å². The summed E-state index contributed by atoms with van der Waals surface area (Å²) in [6.07, 6.45) is 7.37. The van der Waals surface area contributed by atoms with Crippen molar-refractivity contribution in [2.24, 2.45) is 0 Å². The first-order chi connectivity index (χ1) is 9.72. The maximum Gasteiger partial charge on any atom is 0.0725 e. The topological polar surface area (TPSA) is 38.7 Å². The van der Waals surface area contributed by atoms with Crippen LogP contribution in [0.4, 0.5) is 0 Å². The average Bonchev–Trinajstić information content (AvgIpc) is 2.47. The first kappa shape index (κ1) is 12.5. The van der Waals surface area contributed by atoms with Crippen molar-refractivity contribution in [1.29, 1.82) is 0 Å². The van der Waals surface area contributed by atoms with Crippen LogP contribution in [0.1, 0.15) is 11.1 Å². The molecule has 0 N–H and O–H groups in total. The van der Waals surface area contributed by atoms with E-state index in [4.69, 9.17) is 4.98 Å². The SMILES string of the molecule is Cc1cncc(-c2cccc(-c3cncc(C)c3)n2)c1. The van der Waals surface area contributed by atoms with Crippen LogP contribution < -0.4 is 0 Å². The summed E-state index contributed by atoms with van der Waals surface area (Å²) < 4.78 is 0. The molecule has 3 heteroatoms. The minimum Gasteiger partial charge on any atom is -0.264 e. The van der Waals surface area contributed by atoms with E-state index in [2.05, 4.69) is 22.1 Å². The van der Waals surface area contributed by atoms with Gasteiger partial charge in [-0.2, -0.15) is 0 Å². The Morgan fingerprint density at radius 3 is 1.65 bits per heavy atom. The molecule has 0 aliphatic rings. The molecule has 0 spiro atoms. The standard InChI is InChI=1S/C17H15N3/c1-12-6-14(10-18-8-12)16-4-3-5-17(20-16)15-7-13(2)9-19-11-15/h3-11H,1-2H3. The van der Waals surface area contributed by atoms with Gasteiger partial charge in [0.15, 0.2) is 0 Å². The first-order valence-corrected chi connectivity index (χ1v) is 6.53. The van der Waals surface area contributed by atoms with Gasteiger partial charge < -0.3 is 0 Å². The van der Waals surface area contributed by atoms with Gasteiger partial charge in [-0.05, 0) is 49.2 Å². The minimum atomic E-state index is 0.931. The van der Waals surface area contributed by atoms with Gasteiger partial charge in [0, 0.05) is 35.9 Å². The molecular formula is C17H15N3. The van der Waals surface area contributed by atoms with Crippen molar-refractivity contribution < 1.29 is 0 Å². The number of nitrogens with zero attached hydrogens (tertiary/aromatic N) is 3. The molecule has 0 radical (unpaired) electrons. The van der Waals surface area contributed by atoms with Crippen molar-refractivity contribution in [3.8, 4) is 22.5 Å². The number of rotatable bonds is 2. The monoisotopic (exact) mass is 261 g/mol. The highest BCUT2D eigenvalue weighted by Crippen LogP contribution is 2.22. The summed E-state index contributed by atoms with van der Waals surface area (Å²) in [6, 6.07) is 10.2. The third-order valence-corrected chi connectivity index (χ3v) is 3.09. The molecule has 3 heterocycles. The molecule has 3 nitrogen and oxygen atoms in total. The number of hydrogen-bond acceptors (Lipinski definition) is 3. The fourth-order valence-electron chi connectivity index (χ4n) is 2.15. The maximum absolute atomic E-state index is 4.72. The Labute approximate surface area is 118 Å². The van der Waals surface area contributed by atoms with Crippen LogP contribution in [0.3, 0.4) is 0 Å². The van der Waals surface area contributed by atoms with Crippen LogP contribution in [0, 0.1) is 13.8 Å². The molecule has 0 unspecified atom stereocenters. The van der Waals surface area contributed by atoms with Gasteiger partial charge in [0.2, 0.25) is 0 Å². The summed E-state index contributed by atoms with van der Waals surface area (Å²) in [5, 5.41) is 0. The molecular weight excluding hydrogens is 246 g/mol. The summed E-state index contributed by atoms with van der Waals surface area (Å²) in [4.78, 5) is 13.2. The molecule has 3 rings (SSSR count). The number of aromatic nitrogens is 3. The van der Waals surface area contributed by atoms with Crippen molar-refractivity contribution in [1.82, 2.24) is 15.0 Å². The molecule has 0 saturated carbocycles. The Hall–Kier alpha value is -2.55. The van der Waals surface area contributed by atoms with Gasteiger partial charge in [-0.25, -0.2) is 4.98 Å². The molecule has 0 bridgehead atoms. The lowest BCUT2D eigenvalue weighted by atomic mass is 10.1. The van der Waals surface area contributed by atoms with Crippen LogP contribution in [-0.4, -0.2) is 15.0 Å². The lowest BCUT2D eigenvalue weighted by Crippen LogP contribution is -1.90. The van der Waals surface area contributed by atoms with Crippen molar-refractivity contribution in [2.75, 3.05) is 0 Å². The number of aryl methyl sites for hydroxylation is 2.